The zero-order chi connectivity index (χ0) is 15.5. The largest absolute Gasteiger partial charge is 0.478 e. The van der Waals surface area contributed by atoms with Crippen molar-refractivity contribution in [1.82, 2.24) is 4.31 Å². The first kappa shape index (κ1) is 15.8. The molecule has 6 nitrogen and oxygen atoms in total. The van der Waals surface area contributed by atoms with Crippen LogP contribution < -0.4 is 4.72 Å². The third kappa shape index (κ3) is 3.95. The van der Waals surface area contributed by atoms with Gasteiger partial charge in [-0.1, -0.05) is 25.3 Å². The lowest BCUT2D eigenvalue weighted by Gasteiger charge is -2.30. The highest BCUT2D eigenvalue weighted by Crippen LogP contribution is 2.24. The number of benzene rings is 1. The maximum Gasteiger partial charge on any atom is 0.335 e. The molecule has 21 heavy (non-hydrogen) atoms. The first-order chi connectivity index (χ1) is 9.90. The molecule has 1 aliphatic carbocycles. The van der Waals surface area contributed by atoms with Crippen molar-refractivity contribution >= 4 is 21.9 Å². The molecule has 1 saturated carbocycles. The van der Waals surface area contributed by atoms with E-state index in [1.165, 1.54) is 22.5 Å². The lowest BCUT2D eigenvalue weighted by atomic mass is 9.96. The first-order valence-electron chi connectivity index (χ1n) is 6.99. The molecular formula is C14H20N2O4S. The fourth-order valence-electron chi connectivity index (χ4n) is 2.58. The SMILES string of the molecule is CN(C1CCCCC1)S(=O)(=O)Nc1cccc(C(=O)O)c1. The maximum absolute atomic E-state index is 12.3. The number of carboxylic acid groups (broad SMARTS) is 1. The van der Waals surface area contributed by atoms with E-state index in [0.29, 0.717) is 0 Å². The van der Waals surface area contributed by atoms with Crippen LogP contribution in [0.5, 0.6) is 0 Å². The van der Waals surface area contributed by atoms with Crippen LogP contribution in [0.15, 0.2) is 24.3 Å². The number of hydrogen-bond donors (Lipinski definition) is 2. The van der Waals surface area contributed by atoms with E-state index in [2.05, 4.69) is 4.72 Å². The second kappa shape index (κ2) is 6.44. The summed E-state index contributed by atoms with van der Waals surface area (Å²) in [5.41, 5.74) is 0.313. The van der Waals surface area contributed by atoms with Crippen molar-refractivity contribution in [2.45, 2.75) is 38.1 Å². The molecule has 7 heteroatoms. The fourth-order valence-corrected chi connectivity index (χ4v) is 3.75. The Morgan fingerprint density at radius 3 is 2.57 bits per heavy atom. The second-order valence-electron chi connectivity index (χ2n) is 5.30. The number of rotatable bonds is 5. The quantitative estimate of drug-likeness (QED) is 0.873. The summed E-state index contributed by atoms with van der Waals surface area (Å²) in [4.78, 5) is 10.9. The van der Waals surface area contributed by atoms with Crippen molar-refractivity contribution in [1.29, 1.82) is 0 Å². The van der Waals surface area contributed by atoms with Crippen LogP contribution in [0.3, 0.4) is 0 Å². The predicted molar refractivity (Wildman–Crippen MR) is 80.6 cm³/mol. The standard InChI is InChI=1S/C14H20N2O4S/c1-16(13-8-3-2-4-9-13)21(19,20)15-12-7-5-6-11(10-12)14(17)18/h5-7,10,13,15H,2-4,8-9H2,1H3,(H,17,18). The van der Waals surface area contributed by atoms with Gasteiger partial charge in [-0.25, -0.2) is 4.79 Å². The average Bonchev–Trinajstić information content (AvgIpc) is 2.47. The van der Waals surface area contributed by atoms with Gasteiger partial charge in [-0.2, -0.15) is 12.7 Å². The summed E-state index contributed by atoms with van der Waals surface area (Å²) in [7, 11) is -2.10. The van der Waals surface area contributed by atoms with Crippen molar-refractivity contribution in [3.8, 4) is 0 Å². The normalized spacial score (nSPS) is 16.9. The smallest absolute Gasteiger partial charge is 0.335 e. The molecule has 0 saturated heterocycles. The minimum Gasteiger partial charge on any atom is -0.478 e. The van der Waals surface area contributed by atoms with Crippen molar-refractivity contribution in [2.24, 2.45) is 0 Å². The van der Waals surface area contributed by atoms with Gasteiger partial charge in [0.05, 0.1) is 11.3 Å². The molecule has 0 spiro atoms. The van der Waals surface area contributed by atoms with Crippen molar-refractivity contribution in [3.05, 3.63) is 29.8 Å². The van der Waals surface area contributed by atoms with Crippen LogP contribution in [-0.2, 0) is 10.2 Å². The third-order valence-electron chi connectivity index (χ3n) is 3.82. The Morgan fingerprint density at radius 1 is 1.29 bits per heavy atom. The van der Waals surface area contributed by atoms with E-state index in [0.717, 1.165) is 32.1 Å². The molecule has 0 heterocycles. The number of carboxylic acids is 1. The van der Waals surface area contributed by atoms with Gasteiger partial charge in [0.25, 0.3) is 0 Å². The number of anilines is 1. The van der Waals surface area contributed by atoms with E-state index in [9.17, 15) is 13.2 Å². The van der Waals surface area contributed by atoms with E-state index < -0.39 is 16.2 Å². The van der Waals surface area contributed by atoms with Gasteiger partial charge in [-0.15, -0.1) is 0 Å². The van der Waals surface area contributed by atoms with Gasteiger partial charge in [0, 0.05) is 13.1 Å². The Balaban J connectivity index is 2.12. The van der Waals surface area contributed by atoms with Gasteiger partial charge in [0.15, 0.2) is 0 Å². The number of carbonyl (C=O) groups is 1. The van der Waals surface area contributed by atoms with Crippen molar-refractivity contribution in [2.75, 3.05) is 11.8 Å². The lowest BCUT2D eigenvalue weighted by Crippen LogP contribution is -2.41. The molecule has 1 aromatic rings. The van der Waals surface area contributed by atoms with Crippen LogP contribution in [0.25, 0.3) is 0 Å². The molecule has 0 aliphatic heterocycles. The highest BCUT2D eigenvalue weighted by molar-refractivity contribution is 7.90. The predicted octanol–water partition coefficient (Wildman–Crippen LogP) is 2.31. The summed E-state index contributed by atoms with van der Waals surface area (Å²) < 4.78 is 28.5. The molecule has 0 aromatic heterocycles. The van der Waals surface area contributed by atoms with Gasteiger partial charge in [-0.3, -0.25) is 4.72 Å². The Bertz CT molecular complexity index is 609. The zero-order valence-corrected chi connectivity index (χ0v) is 12.8. The molecule has 0 unspecified atom stereocenters. The summed E-state index contributed by atoms with van der Waals surface area (Å²) in [6.45, 7) is 0. The van der Waals surface area contributed by atoms with Crippen LogP contribution in [0.2, 0.25) is 0 Å². The van der Waals surface area contributed by atoms with Crippen LogP contribution in [0, 0.1) is 0 Å². The highest BCUT2D eigenvalue weighted by Gasteiger charge is 2.27. The van der Waals surface area contributed by atoms with Crippen LogP contribution in [-0.4, -0.2) is 36.9 Å². The monoisotopic (exact) mass is 312 g/mol. The van der Waals surface area contributed by atoms with Crippen LogP contribution in [0.1, 0.15) is 42.5 Å². The molecule has 116 valence electrons. The van der Waals surface area contributed by atoms with E-state index in [1.54, 1.807) is 13.1 Å². The first-order valence-corrected chi connectivity index (χ1v) is 8.43. The van der Waals surface area contributed by atoms with Crippen molar-refractivity contribution in [3.63, 3.8) is 0 Å². The van der Waals surface area contributed by atoms with Crippen LogP contribution >= 0.6 is 0 Å². The summed E-state index contributed by atoms with van der Waals surface area (Å²) in [5.74, 6) is -1.09. The Morgan fingerprint density at radius 2 is 1.95 bits per heavy atom. The van der Waals surface area contributed by atoms with Crippen LogP contribution in [0.4, 0.5) is 5.69 Å². The molecule has 2 N–H and O–H groups in total. The molecule has 1 aromatic carbocycles. The second-order valence-corrected chi connectivity index (χ2v) is 7.03. The molecule has 2 rings (SSSR count). The molecule has 0 atom stereocenters. The summed E-state index contributed by atoms with van der Waals surface area (Å²) >= 11 is 0. The number of nitrogens with zero attached hydrogens (tertiary/aromatic N) is 1. The molecule has 0 amide bonds. The van der Waals surface area contributed by atoms with Gasteiger partial charge < -0.3 is 5.11 Å². The highest BCUT2D eigenvalue weighted by atomic mass is 32.2. The maximum atomic E-state index is 12.3. The average molecular weight is 312 g/mol. The lowest BCUT2D eigenvalue weighted by molar-refractivity contribution is 0.0697. The number of hydrogen-bond acceptors (Lipinski definition) is 3. The summed E-state index contributed by atoms with van der Waals surface area (Å²) in [5, 5.41) is 8.93. The Kier molecular flexibility index (Phi) is 4.84. The van der Waals surface area contributed by atoms with Gasteiger partial charge in [-0.05, 0) is 31.0 Å². The topological polar surface area (TPSA) is 86.7 Å². The minimum atomic E-state index is -3.67. The number of nitrogens with one attached hydrogen (secondary N) is 1. The minimum absolute atomic E-state index is 0.0129. The van der Waals surface area contributed by atoms with E-state index in [1.807, 2.05) is 0 Å². The molecular weight excluding hydrogens is 292 g/mol. The summed E-state index contributed by atoms with van der Waals surface area (Å²) in [6.07, 6.45) is 4.97. The van der Waals surface area contributed by atoms with Crippen molar-refractivity contribution < 1.29 is 18.3 Å². The van der Waals surface area contributed by atoms with Gasteiger partial charge in [0.2, 0.25) is 0 Å². The number of aromatic carboxylic acids is 1. The summed E-state index contributed by atoms with van der Waals surface area (Å²) in [6, 6.07) is 5.80. The van der Waals surface area contributed by atoms with Gasteiger partial charge in [0.1, 0.15) is 0 Å². The zero-order valence-electron chi connectivity index (χ0n) is 11.9. The fraction of sp³-hybridized carbons (Fsp3) is 0.500. The molecule has 1 aliphatic rings. The Hall–Kier alpha value is -1.60. The molecule has 0 radical (unpaired) electrons. The molecule has 0 bridgehead atoms. The molecule has 1 fully saturated rings. The Labute approximate surface area is 125 Å². The van der Waals surface area contributed by atoms with E-state index in [-0.39, 0.29) is 17.3 Å². The van der Waals surface area contributed by atoms with E-state index in [4.69, 9.17) is 5.11 Å². The van der Waals surface area contributed by atoms with Gasteiger partial charge >= 0.3 is 16.2 Å². The third-order valence-corrected chi connectivity index (χ3v) is 5.37. The van der Waals surface area contributed by atoms with E-state index >= 15 is 0 Å².